The molecule has 1 saturated heterocycles. The minimum Gasteiger partial charge on any atom is -0.384 e. The summed E-state index contributed by atoms with van der Waals surface area (Å²) in [6.45, 7) is 2.08. The smallest absolute Gasteiger partial charge is 0.274 e. The summed E-state index contributed by atoms with van der Waals surface area (Å²) in [5.74, 6) is 2.18. The first-order valence-electron chi connectivity index (χ1n) is 10.6. The zero-order chi connectivity index (χ0) is 21.9. The molecule has 32 heavy (non-hydrogen) atoms. The van der Waals surface area contributed by atoms with Crippen LogP contribution in [-0.2, 0) is 4.74 Å². The molecule has 162 valence electrons. The van der Waals surface area contributed by atoms with Crippen LogP contribution in [0, 0.1) is 5.92 Å². The molecule has 2 aromatic carbocycles. The van der Waals surface area contributed by atoms with Crippen molar-refractivity contribution in [3.05, 3.63) is 66.4 Å². The summed E-state index contributed by atoms with van der Waals surface area (Å²) >= 11 is 0. The molecule has 1 fully saturated rings. The van der Waals surface area contributed by atoms with Crippen LogP contribution in [0.4, 0.5) is 11.6 Å². The van der Waals surface area contributed by atoms with Crippen molar-refractivity contribution in [1.82, 2.24) is 25.1 Å². The molecule has 0 radical (unpaired) electrons. The SMILES string of the molecule is COCC1CCN(C(=O)c2cc(Nc3nc(-c4ccccc4)nc4ccccc34)[nH]n2)C1. The van der Waals surface area contributed by atoms with Gasteiger partial charge in [-0.25, -0.2) is 9.97 Å². The highest BCUT2D eigenvalue weighted by Gasteiger charge is 2.28. The summed E-state index contributed by atoms with van der Waals surface area (Å²) in [5, 5.41) is 11.3. The number of nitrogens with one attached hydrogen (secondary N) is 2. The zero-order valence-corrected chi connectivity index (χ0v) is 17.8. The monoisotopic (exact) mass is 428 g/mol. The molecule has 5 rings (SSSR count). The molecule has 0 saturated carbocycles. The van der Waals surface area contributed by atoms with E-state index in [1.165, 1.54) is 0 Å². The van der Waals surface area contributed by atoms with Crippen molar-refractivity contribution in [2.24, 2.45) is 5.92 Å². The molecule has 2 N–H and O–H groups in total. The Morgan fingerprint density at radius 3 is 2.81 bits per heavy atom. The molecule has 1 unspecified atom stereocenters. The summed E-state index contributed by atoms with van der Waals surface area (Å²) in [7, 11) is 1.69. The first-order valence-corrected chi connectivity index (χ1v) is 10.6. The highest BCUT2D eigenvalue weighted by Crippen LogP contribution is 2.27. The summed E-state index contributed by atoms with van der Waals surface area (Å²) in [5.41, 5.74) is 2.15. The van der Waals surface area contributed by atoms with Crippen molar-refractivity contribution in [3.63, 3.8) is 0 Å². The van der Waals surface area contributed by atoms with E-state index in [1.807, 2.05) is 59.5 Å². The number of ether oxygens (including phenoxy) is 1. The van der Waals surface area contributed by atoms with Gasteiger partial charge in [0.25, 0.3) is 5.91 Å². The van der Waals surface area contributed by atoms with Gasteiger partial charge in [-0.1, -0.05) is 42.5 Å². The Morgan fingerprint density at radius 1 is 1.16 bits per heavy atom. The standard InChI is InChI=1S/C24H24N6O2/c1-32-15-16-11-12-30(14-16)24(31)20-13-21(29-28-20)26-23-18-9-5-6-10-19(18)25-22(27-23)17-7-3-2-4-8-17/h2-10,13,16H,11-12,14-15H2,1H3,(H2,25,26,27,28,29). The van der Waals surface area contributed by atoms with E-state index in [0.717, 1.165) is 29.4 Å². The average Bonchev–Trinajstić information content (AvgIpc) is 3.49. The number of aromatic nitrogens is 4. The first-order chi connectivity index (χ1) is 15.7. The molecular formula is C24H24N6O2. The van der Waals surface area contributed by atoms with E-state index in [2.05, 4.69) is 15.5 Å². The number of amides is 1. The second kappa shape index (κ2) is 8.76. The van der Waals surface area contributed by atoms with Crippen LogP contribution in [-0.4, -0.2) is 57.8 Å². The van der Waals surface area contributed by atoms with Crippen LogP contribution in [0.3, 0.4) is 0 Å². The van der Waals surface area contributed by atoms with E-state index in [9.17, 15) is 4.79 Å². The Bertz CT molecular complexity index is 1240. The number of nitrogens with zero attached hydrogens (tertiary/aromatic N) is 4. The van der Waals surface area contributed by atoms with Gasteiger partial charge >= 0.3 is 0 Å². The Balaban J connectivity index is 1.41. The van der Waals surface area contributed by atoms with Crippen LogP contribution in [0.15, 0.2) is 60.7 Å². The lowest BCUT2D eigenvalue weighted by atomic mass is 10.1. The molecule has 1 aliphatic heterocycles. The predicted octanol–water partition coefficient (Wildman–Crippen LogP) is 3.87. The van der Waals surface area contributed by atoms with E-state index in [-0.39, 0.29) is 5.91 Å². The van der Waals surface area contributed by atoms with Crippen molar-refractivity contribution < 1.29 is 9.53 Å². The van der Waals surface area contributed by atoms with Gasteiger partial charge in [-0.2, -0.15) is 5.10 Å². The molecule has 2 aromatic heterocycles. The van der Waals surface area contributed by atoms with Gasteiger partial charge in [-0.3, -0.25) is 9.89 Å². The number of H-pyrrole nitrogens is 1. The zero-order valence-electron chi connectivity index (χ0n) is 17.8. The van der Waals surface area contributed by atoms with Crippen LogP contribution in [0.25, 0.3) is 22.3 Å². The highest BCUT2D eigenvalue weighted by molar-refractivity contribution is 5.95. The number of rotatable bonds is 6. The van der Waals surface area contributed by atoms with E-state index in [1.54, 1.807) is 13.2 Å². The third-order valence-corrected chi connectivity index (χ3v) is 5.66. The summed E-state index contributed by atoms with van der Waals surface area (Å²) in [6.07, 6.45) is 0.949. The van der Waals surface area contributed by atoms with Gasteiger partial charge in [0.2, 0.25) is 0 Å². The number of carbonyl (C=O) groups is 1. The molecule has 1 atom stereocenters. The molecule has 8 heteroatoms. The summed E-state index contributed by atoms with van der Waals surface area (Å²) < 4.78 is 5.22. The number of para-hydroxylation sites is 1. The second-order valence-corrected chi connectivity index (χ2v) is 7.93. The van der Waals surface area contributed by atoms with Crippen LogP contribution in [0.1, 0.15) is 16.9 Å². The maximum absolute atomic E-state index is 12.9. The van der Waals surface area contributed by atoms with E-state index in [0.29, 0.717) is 42.2 Å². The van der Waals surface area contributed by atoms with Crippen LogP contribution >= 0.6 is 0 Å². The first kappa shape index (κ1) is 20.1. The third kappa shape index (κ3) is 4.04. The van der Waals surface area contributed by atoms with Crippen molar-refractivity contribution >= 4 is 28.4 Å². The number of carbonyl (C=O) groups excluding carboxylic acids is 1. The number of anilines is 2. The lowest BCUT2D eigenvalue weighted by Crippen LogP contribution is -2.29. The number of methoxy groups -OCH3 is 1. The minimum absolute atomic E-state index is 0.0783. The number of fused-ring (bicyclic) bond motifs is 1. The van der Waals surface area contributed by atoms with Crippen molar-refractivity contribution in [2.45, 2.75) is 6.42 Å². The fourth-order valence-electron chi connectivity index (χ4n) is 4.06. The molecule has 8 nitrogen and oxygen atoms in total. The quantitative estimate of drug-likeness (QED) is 0.484. The molecular weight excluding hydrogens is 404 g/mol. The number of benzene rings is 2. The number of hydrogen-bond donors (Lipinski definition) is 2. The predicted molar refractivity (Wildman–Crippen MR) is 123 cm³/mol. The Hall–Kier alpha value is -3.78. The minimum atomic E-state index is -0.0783. The van der Waals surface area contributed by atoms with Gasteiger partial charge in [0.05, 0.1) is 12.1 Å². The Kier molecular flexibility index (Phi) is 5.51. The molecule has 0 aliphatic carbocycles. The lowest BCUT2D eigenvalue weighted by Gasteiger charge is -2.14. The van der Waals surface area contributed by atoms with Crippen LogP contribution in [0.2, 0.25) is 0 Å². The normalized spacial score (nSPS) is 15.9. The number of aromatic amines is 1. The average molecular weight is 428 g/mol. The van der Waals surface area contributed by atoms with E-state index >= 15 is 0 Å². The molecule has 0 spiro atoms. The fourth-order valence-corrected chi connectivity index (χ4v) is 4.06. The van der Waals surface area contributed by atoms with Gasteiger partial charge in [0.1, 0.15) is 11.6 Å². The third-order valence-electron chi connectivity index (χ3n) is 5.66. The number of likely N-dealkylation sites (tertiary alicyclic amines) is 1. The second-order valence-electron chi connectivity index (χ2n) is 7.93. The summed E-state index contributed by atoms with van der Waals surface area (Å²) in [4.78, 5) is 24.2. The van der Waals surface area contributed by atoms with Crippen LogP contribution < -0.4 is 5.32 Å². The Morgan fingerprint density at radius 2 is 1.97 bits per heavy atom. The highest BCUT2D eigenvalue weighted by atomic mass is 16.5. The molecule has 1 aliphatic rings. The lowest BCUT2D eigenvalue weighted by molar-refractivity contribution is 0.0769. The van der Waals surface area contributed by atoms with Gasteiger partial charge in [0, 0.05) is 43.1 Å². The van der Waals surface area contributed by atoms with Gasteiger partial charge in [-0.15, -0.1) is 0 Å². The number of hydrogen-bond acceptors (Lipinski definition) is 6. The van der Waals surface area contributed by atoms with Gasteiger partial charge in [-0.05, 0) is 18.6 Å². The Labute approximate surface area is 185 Å². The van der Waals surface area contributed by atoms with Crippen LogP contribution in [0.5, 0.6) is 0 Å². The largest absolute Gasteiger partial charge is 0.384 e. The molecule has 3 heterocycles. The fraction of sp³-hybridized carbons (Fsp3) is 0.250. The van der Waals surface area contributed by atoms with Crippen molar-refractivity contribution in [1.29, 1.82) is 0 Å². The van der Waals surface area contributed by atoms with Crippen molar-refractivity contribution in [3.8, 4) is 11.4 Å². The van der Waals surface area contributed by atoms with Gasteiger partial charge < -0.3 is 15.0 Å². The molecule has 4 aromatic rings. The summed E-state index contributed by atoms with van der Waals surface area (Å²) in [6, 6.07) is 19.4. The van der Waals surface area contributed by atoms with E-state index in [4.69, 9.17) is 14.7 Å². The van der Waals surface area contributed by atoms with Crippen molar-refractivity contribution in [2.75, 3.05) is 32.1 Å². The van der Waals surface area contributed by atoms with Gasteiger partial charge in [0.15, 0.2) is 11.5 Å². The maximum atomic E-state index is 12.9. The van der Waals surface area contributed by atoms with E-state index < -0.39 is 0 Å². The topological polar surface area (TPSA) is 96.0 Å². The molecule has 1 amide bonds. The maximum Gasteiger partial charge on any atom is 0.274 e. The molecule has 0 bridgehead atoms.